The van der Waals surface area contributed by atoms with Gasteiger partial charge in [0.1, 0.15) is 0 Å². The van der Waals surface area contributed by atoms with Crippen LogP contribution in [0.1, 0.15) is 21.5 Å². The molecule has 110 valence electrons. The Hall–Kier alpha value is -1.65. The van der Waals surface area contributed by atoms with Crippen molar-refractivity contribution in [2.45, 2.75) is 13.0 Å². The molecule has 4 heteroatoms. The molecule has 0 aliphatic heterocycles. The van der Waals surface area contributed by atoms with Crippen molar-refractivity contribution in [3.8, 4) is 0 Å². The second-order valence-corrected chi connectivity index (χ2v) is 5.94. The van der Waals surface area contributed by atoms with Gasteiger partial charge in [0.15, 0.2) is 0 Å². The van der Waals surface area contributed by atoms with E-state index < -0.39 is 0 Å². The van der Waals surface area contributed by atoms with E-state index in [2.05, 4.69) is 15.9 Å². The topological polar surface area (TPSA) is 46.3 Å². The van der Waals surface area contributed by atoms with Gasteiger partial charge in [-0.15, -0.1) is 0 Å². The normalized spacial score (nSPS) is 10.4. The predicted octanol–water partition coefficient (Wildman–Crippen LogP) is 3.22. The van der Waals surface area contributed by atoms with E-state index >= 15 is 0 Å². The maximum atomic E-state index is 12.4. The fourth-order valence-electron chi connectivity index (χ4n) is 2.14. The standard InChI is InChI=1S/C17H19BrN2O/c1-20(12-14-4-8-16(18)9-5-14)17(21)15-6-2-13(3-7-15)10-11-19/h2-9H,10-12,19H2,1H3. The zero-order chi connectivity index (χ0) is 15.2. The molecule has 0 aromatic heterocycles. The fraction of sp³-hybridized carbons (Fsp3) is 0.235. The summed E-state index contributed by atoms with van der Waals surface area (Å²) < 4.78 is 1.04. The third-order valence-electron chi connectivity index (χ3n) is 3.31. The van der Waals surface area contributed by atoms with Gasteiger partial charge < -0.3 is 10.6 Å². The maximum absolute atomic E-state index is 12.4. The van der Waals surface area contributed by atoms with Crippen molar-refractivity contribution in [1.29, 1.82) is 0 Å². The molecule has 0 radical (unpaired) electrons. The van der Waals surface area contributed by atoms with E-state index in [-0.39, 0.29) is 5.91 Å². The number of hydrogen-bond acceptors (Lipinski definition) is 2. The second-order valence-electron chi connectivity index (χ2n) is 5.02. The minimum absolute atomic E-state index is 0.0252. The summed E-state index contributed by atoms with van der Waals surface area (Å²) in [5, 5.41) is 0. The highest BCUT2D eigenvalue weighted by Crippen LogP contribution is 2.13. The summed E-state index contributed by atoms with van der Waals surface area (Å²) in [6.45, 7) is 1.22. The van der Waals surface area contributed by atoms with Crippen molar-refractivity contribution in [2.24, 2.45) is 5.73 Å². The van der Waals surface area contributed by atoms with Crippen molar-refractivity contribution < 1.29 is 4.79 Å². The van der Waals surface area contributed by atoms with Crippen LogP contribution in [0.15, 0.2) is 53.0 Å². The number of nitrogens with zero attached hydrogens (tertiary/aromatic N) is 1. The van der Waals surface area contributed by atoms with Gasteiger partial charge in [0.05, 0.1) is 0 Å². The van der Waals surface area contributed by atoms with Crippen molar-refractivity contribution in [1.82, 2.24) is 4.90 Å². The first-order chi connectivity index (χ1) is 10.1. The average Bonchev–Trinajstić information content (AvgIpc) is 2.50. The first kappa shape index (κ1) is 15.7. The molecule has 0 atom stereocenters. The SMILES string of the molecule is CN(Cc1ccc(Br)cc1)C(=O)c1ccc(CCN)cc1. The number of carbonyl (C=O) groups is 1. The van der Waals surface area contributed by atoms with Gasteiger partial charge in [0.2, 0.25) is 0 Å². The lowest BCUT2D eigenvalue weighted by molar-refractivity contribution is 0.0785. The van der Waals surface area contributed by atoms with E-state index in [1.807, 2.05) is 55.6 Å². The number of nitrogens with two attached hydrogens (primary N) is 1. The zero-order valence-corrected chi connectivity index (χ0v) is 13.6. The number of benzene rings is 2. The van der Waals surface area contributed by atoms with Crippen LogP contribution in [-0.2, 0) is 13.0 Å². The molecule has 0 aliphatic carbocycles. The van der Waals surface area contributed by atoms with E-state index in [4.69, 9.17) is 5.73 Å². The lowest BCUT2D eigenvalue weighted by Crippen LogP contribution is -2.26. The Morgan fingerprint density at radius 1 is 1.05 bits per heavy atom. The maximum Gasteiger partial charge on any atom is 0.253 e. The number of carbonyl (C=O) groups excluding carboxylic acids is 1. The Bertz CT molecular complexity index is 593. The Balaban J connectivity index is 2.02. The van der Waals surface area contributed by atoms with Crippen LogP contribution >= 0.6 is 15.9 Å². The molecule has 0 saturated heterocycles. The lowest BCUT2D eigenvalue weighted by atomic mass is 10.1. The van der Waals surface area contributed by atoms with Crippen LogP contribution in [0.5, 0.6) is 0 Å². The minimum atomic E-state index is 0.0252. The second kappa shape index (κ2) is 7.38. The van der Waals surface area contributed by atoms with Gasteiger partial charge in [0.25, 0.3) is 5.91 Å². The summed E-state index contributed by atoms with van der Waals surface area (Å²) in [5.41, 5.74) is 8.49. The van der Waals surface area contributed by atoms with E-state index in [9.17, 15) is 4.79 Å². The molecule has 2 N–H and O–H groups in total. The van der Waals surface area contributed by atoms with Crippen LogP contribution in [0.25, 0.3) is 0 Å². The number of rotatable bonds is 5. The van der Waals surface area contributed by atoms with Gasteiger partial charge >= 0.3 is 0 Å². The summed E-state index contributed by atoms with van der Waals surface area (Å²) in [5.74, 6) is 0.0252. The third-order valence-corrected chi connectivity index (χ3v) is 3.84. The molecule has 1 amide bonds. The molecule has 2 rings (SSSR count). The summed E-state index contributed by atoms with van der Waals surface area (Å²) in [4.78, 5) is 14.1. The predicted molar refractivity (Wildman–Crippen MR) is 89.1 cm³/mol. The van der Waals surface area contributed by atoms with Crippen LogP contribution in [0, 0.1) is 0 Å². The Kier molecular flexibility index (Phi) is 5.53. The molecule has 0 bridgehead atoms. The average molecular weight is 347 g/mol. The number of halogens is 1. The van der Waals surface area contributed by atoms with Gasteiger partial charge in [-0.25, -0.2) is 0 Å². The van der Waals surface area contributed by atoms with Crippen molar-refractivity contribution in [3.05, 3.63) is 69.7 Å². The number of hydrogen-bond donors (Lipinski definition) is 1. The highest BCUT2D eigenvalue weighted by molar-refractivity contribution is 9.10. The molecule has 2 aromatic rings. The molecule has 0 heterocycles. The summed E-state index contributed by atoms with van der Waals surface area (Å²) >= 11 is 3.41. The molecular formula is C17H19BrN2O. The first-order valence-corrected chi connectivity index (χ1v) is 7.68. The quantitative estimate of drug-likeness (QED) is 0.903. The minimum Gasteiger partial charge on any atom is -0.337 e. The van der Waals surface area contributed by atoms with Crippen molar-refractivity contribution in [3.63, 3.8) is 0 Å². The van der Waals surface area contributed by atoms with Crippen LogP contribution in [-0.4, -0.2) is 24.4 Å². The van der Waals surface area contributed by atoms with Gasteiger partial charge in [-0.05, 0) is 48.4 Å². The van der Waals surface area contributed by atoms with E-state index in [1.54, 1.807) is 4.90 Å². The Labute approximate surface area is 133 Å². The molecule has 0 fully saturated rings. The zero-order valence-electron chi connectivity index (χ0n) is 12.1. The first-order valence-electron chi connectivity index (χ1n) is 6.89. The molecule has 0 unspecified atom stereocenters. The van der Waals surface area contributed by atoms with Crippen LogP contribution in [0.4, 0.5) is 0 Å². The number of amides is 1. The van der Waals surface area contributed by atoms with Gasteiger partial charge in [-0.1, -0.05) is 40.2 Å². The summed E-state index contributed by atoms with van der Waals surface area (Å²) in [7, 11) is 1.82. The Morgan fingerprint density at radius 3 is 2.19 bits per heavy atom. The Morgan fingerprint density at radius 2 is 1.62 bits per heavy atom. The van der Waals surface area contributed by atoms with Crippen LogP contribution in [0.2, 0.25) is 0 Å². The highest BCUT2D eigenvalue weighted by Gasteiger charge is 2.11. The largest absolute Gasteiger partial charge is 0.337 e. The molecule has 3 nitrogen and oxygen atoms in total. The summed E-state index contributed by atoms with van der Waals surface area (Å²) in [6.07, 6.45) is 0.837. The van der Waals surface area contributed by atoms with E-state index in [0.717, 1.165) is 22.0 Å². The summed E-state index contributed by atoms with van der Waals surface area (Å²) in [6, 6.07) is 15.7. The molecule has 0 spiro atoms. The molecule has 0 aliphatic rings. The smallest absolute Gasteiger partial charge is 0.253 e. The molecule has 2 aromatic carbocycles. The highest BCUT2D eigenvalue weighted by atomic mass is 79.9. The van der Waals surface area contributed by atoms with Crippen molar-refractivity contribution in [2.75, 3.05) is 13.6 Å². The van der Waals surface area contributed by atoms with Gasteiger partial charge in [-0.3, -0.25) is 4.79 Å². The van der Waals surface area contributed by atoms with E-state index in [0.29, 0.717) is 18.7 Å². The van der Waals surface area contributed by atoms with Gasteiger partial charge in [0, 0.05) is 23.6 Å². The molecule has 21 heavy (non-hydrogen) atoms. The van der Waals surface area contributed by atoms with E-state index in [1.165, 1.54) is 0 Å². The van der Waals surface area contributed by atoms with Crippen LogP contribution in [0.3, 0.4) is 0 Å². The molecule has 0 saturated carbocycles. The molecular weight excluding hydrogens is 328 g/mol. The fourth-order valence-corrected chi connectivity index (χ4v) is 2.40. The van der Waals surface area contributed by atoms with Crippen LogP contribution < -0.4 is 5.73 Å². The monoisotopic (exact) mass is 346 g/mol. The van der Waals surface area contributed by atoms with Gasteiger partial charge in [-0.2, -0.15) is 0 Å². The lowest BCUT2D eigenvalue weighted by Gasteiger charge is -2.17. The van der Waals surface area contributed by atoms with Crippen molar-refractivity contribution >= 4 is 21.8 Å². The third kappa shape index (κ3) is 4.41.